The Morgan fingerprint density at radius 3 is 2.33 bits per heavy atom. The highest BCUT2D eigenvalue weighted by atomic mass is 32.2. The number of aryl methyl sites for hydroxylation is 1. The first-order chi connectivity index (χ1) is 12.5. The number of Topliss-reactive ketones (excluding diaryl/α,β-unsaturated/α-hetero) is 1. The Labute approximate surface area is 158 Å². The molecule has 1 amide bonds. The molecule has 0 bridgehead atoms. The van der Waals surface area contributed by atoms with Crippen molar-refractivity contribution in [2.45, 2.75) is 44.3 Å². The zero-order chi connectivity index (χ0) is 20.8. The molecule has 0 radical (unpaired) electrons. The summed E-state index contributed by atoms with van der Waals surface area (Å²) < 4.78 is 38.3. The maximum absolute atomic E-state index is 12.3. The lowest BCUT2D eigenvalue weighted by Gasteiger charge is -2.18. The van der Waals surface area contributed by atoms with Crippen molar-refractivity contribution in [2.24, 2.45) is 0 Å². The molecule has 1 N–H and O–H groups in total. The highest BCUT2D eigenvalue weighted by molar-refractivity contribution is 7.87. The average Bonchev–Trinajstić information content (AvgIpc) is 2.61. The fourth-order valence-corrected chi connectivity index (χ4v) is 2.90. The highest BCUT2D eigenvalue weighted by Gasteiger charge is 2.27. The fraction of sp³-hybridized carbons (Fsp3) is 0.471. The standard InChI is InChI=1S/C17H23NO8S/c1-10-6-7-13(15(8-10)27(22,23)25-5)18-16(20)9-14(11(2)19)26-17(21)12(3)24-4/h6-8,12,14H,9H2,1-5H3,(H,18,20). The van der Waals surface area contributed by atoms with Gasteiger partial charge in [0.05, 0.1) is 19.2 Å². The summed E-state index contributed by atoms with van der Waals surface area (Å²) in [6.45, 7) is 4.30. The van der Waals surface area contributed by atoms with Crippen LogP contribution in [0.5, 0.6) is 0 Å². The number of hydrogen-bond acceptors (Lipinski definition) is 8. The number of esters is 1. The summed E-state index contributed by atoms with van der Waals surface area (Å²) in [4.78, 5) is 35.5. The van der Waals surface area contributed by atoms with Gasteiger partial charge in [0.15, 0.2) is 18.0 Å². The van der Waals surface area contributed by atoms with Crippen LogP contribution < -0.4 is 5.32 Å². The minimum absolute atomic E-state index is 0.00802. The Morgan fingerprint density at radius 2 is 1.81 bits per heavy atom. The van der Waals surface area contributed by atoms with Gasteiger partial charge in [-0.2, -0.15) is 8.42 Å². The van der Waals surface area contributed by atoms with Crippen LogP contribution in [0.2, 0.25) is 0 Å². The van der Waals surface area contributed by atoms with Crippen molar-refractivity contribution >= 4 is 33.5 Å². The van der Waals surface area contributed by atoms with Gasteiger partial charge in [0, 0.05) is 7.11 Å². The van der Waals surface area contributed by atoms with E-state index in [1.807, 2.05) is 0 Å². The summed E-state index contributed by atoms with van der Waals surface area (Å²) in [5.74, 6) is -2.02. The van der Waals surface area contributed by atoms with E-state index in [9.17, 15) is 22.8 Å². The summed E-state index contributed by atoms with van der Waals surface area (Å²) >= 11 is 0. The number of benzene rings is 1. The molecule has 1 rings (SSSR count). The number of nitrogens with one attached hydrogen (secondary N) is 1. The third-order valence-corrected chi connectivity index (χ3v) is 4.98. The predicted molar refractivity (Wildman–Crippen MR) is 95.7 cm³/mol. The van der Waals surface area contributed by atoms with Crippen molar-refractivity contribution in [2.75, 3.05) is 19.5 Å². The van der Waals surface area contributed by atoms with Crippen LogP contribution >= 0.6 is 0 Å². The molecule has 150 valence electrons. The molecule has 0 aromatic heterocycles. The van der Waals surface area contributed by atoms with Gasteiger partial charge < -0.3 is 14.8 Å². The second kappa shape index (κ2) is 9.58. The average molecular weight is 401 g/mol. The van der Waals surface area contributed by atoms with Gasteiger partial charge in [-0.05, 0) is 38.5 Å². The van der Waals surface area contributed by atoms with E-state index in [0.717, 1.165) is 7.11 Å². The summed E-state index contributed by atoms with van der Waals surface area (Å²) in [6.07, 6.45) is -2.69. The quantitative estimate of drug-likeness (QED) is 0.483. The molecule has 27 heavy (non-hydrogen) atoms. The first-order valence-electron chi connectivity index (χ1n) is 7.96. The number of amides is 1. The van der Waals surface area contributed by atoms with Crippen LogP contribution in [-0.2, 0) is 38.2 Å². The van der Waals surface area contributed by atoms with Crippen molar-refractivity contribution < 1.29 is 36.5 Å². The molecule has 2 unspecified atom stereocenters. The Balaban J connectivity index is 2.98. The van der Waals surface area contributed by atoms with Gasteiger partial charge in [0.2, 0.25) is 5.91 Å². The van der Waals surface area contributed by atoms with E-state index in [1.54, 1.807) is 13.0 Å². The number of hydrogen-bond donors (Lipinski definition) is 1. The van der Waals surface area contributed by atoms with E-state index in [1.165, 1.54) is 33.1 Å². The summed E-state index contributed by atoms with van der Waals surface area (Å²) in [6, 6.07) is 4.35. The predicted octanol–water partition coefficient (Wildman–Crippen LogP) is 1.19. The number of carbonyl (C=O) groups is 3. The topological polar surface area (TPSA) is 125 Å². The van der Waals surface area contributed by atoms with Gasteiger partial charge in [-0.1, -0.05) is 6.07 Å². The van der Waals surface area contributed by atoms with Crippen LogP contribution in [0.4, 0.5) is 5.69 Å². The van der Waals surface area contributed by atoms with Crippen LogP contribution in [0, 0.1) is 6.92 Å². The molecule has 0 saturated heterocycles. The van der Waals surface area contributed by atoms with E-state index >= 15 is 0 Å². The first kappa shape index (κ1) is 22.7. The maximum Gasteiger partial charge on any atom is 0.335 e. The van der Waals surface area contributed by atoms with Gasteiger partial charge in [-0.25, -0.2) is 4.79 Å². The molecule has 0 aliphatic carbocycles. The molecule has 9 nitrogen and oxygen atoms in total. The number of carbonyl (C=O) groups excluding carboxylic acids is 3. The van der Waals surface area contributed by atoms with Crippen molar-refractivity contribution in [1.82, 2.24) is 0 Å². The molecule has 10 heteroatoms. The van der Waals surface area contributed by atoms with Crippen molar-refractivity contribution in [3.8, 4) is 0 Å². The number of ketones is 1. The Hall–Kier alpha value is -2.30. The van der Waals surface area contributed by atoms with Crippen molar-refractivity contribution in [3.05, 3.63) is 23.8 Å². The van der Waals surface area contributed by atoms with Crippen LogP contribution in [0.1, 0.15) is 25.8 Å². The third kappa shape index (κ3) is 6.42. The monoisotopic (exact) mass is 401 g/mol. The summed E-state index contributed by atoms with van der Waals surface area (Å²) in [5.41, 5.74) is 0.638. The molecule has 1 aromatic rings. The molecule has 0 heterocycles. The SMILES string of the molecule is COC(C)C(=O)OC(CC(=O)Nc1ccc(C)cc1S(=O)(=O)OC)C(C)=O. The normalized spacial score (nSPS) is 13.5. The van der Waals surface area contributed by atoms with Crippen LogP contribution in [0.25, 0.3) is 0 Å². The summed E-state index contributed by atoms with van der Waals surface area (Å²) in [5, 5.41) is 2.41. The number of anilines is 1. The van der Waals surface area contributed by atoms with Crippen molar-refractivity contribution in [3.63, 3.8) is 0 Å². The van der Waals surface area contributed by atoms with Crippen LogP contribution in [0.3, 0.4) is 0 Å². The number of methoxy groups -OCH3 is 1. The van der Waals surface area contributed by atoms with E-state index in [0.29, 0.717) is 5.56 Å². The van der Waals surface area contributed by atoms with Crippen molar-refractivity contribution in [1.29, 1.82) is 0 Å². The Kier molecular flexibility index (Phi) is 8.07. The lowest BCUT2D eigenvalue weighted by Crippen LogP contribution is -2.34. The van der Waals surface area contributed by atoms with E-state index in [-0.39, 0.29) is 10.6 Å². The zero-order valence-electron chi connectivity index (χ0n) is 15.8. The molecule has 2 atom stereocenters. The van der Waals surface area contributed by atoms with Gasteiger partial charge in [0.25, 0.3) is 10.1 Å². The third-order valence-electron chi connectivity index (χ3n) is 3.67. The molecule has 0 aliphatic rings. The van der Waals surface area contributed by atoms with E-state index in [4.69, 9.17) is 9.47 Å². The van der Waals surface area contributed by atoms with E-state index in [2.05, 4.69) is 9.50 Å². The zero-order valence-corrected chi connectivity index (χ0v) is 16.6. The molecule has 1 aromatic carbocycles. The van der Waals surface area contributed by atoms with Gasteiger partial charge >= 0.3 is 5.97 Å². The smallest absolute Gasteiger partial charge is 0.335 e. The molecule has 0 fully saturated rings. The van der Waals surface area contributed by atoms with E-state index < -0.39 is 46.4 Å². The second-order valence-corrected chi connectivity index (χ2v) is 7.47. The lowest BCUT2D eigenvalue weighted by molar-refractivity contribution is -0.164. The number of rotatable bonds is 9. The molecule has 0 spiro atoms. The van der Waals surface area contributed by atoms with Gasteiger partial charge in [-0.3, -0.25) is 13.8 Å². The largest absolute Gasteiger partial charge is 0.452 e. The molecular weight excluding hydrogens is 378 g/mol. The Morgan fingerprint density at radius 1 is 1.19 bits per heavy atom. The van der Waals surface area contributed by atoms with Gasteiger partial charge in [-0.15, -0.1) is 0 Å². The van der Waals surface area contributed by atoms with Gasteiger partial charge in [0.1, 0.15) is 4.90 Å². The van der Waals surface area contributed by atoms with Crippen LogP contribution in [0.15, 0.2) is 23.1 Å². The molecular formula is C17H23NO8S. The fourth-order valence-electron chi connectivity index (χ4n) is 2.00. The molecule has 0 aliphatic heterocycles. The summed E-state index contributed by atoms with van der Waals surface area (Å²) in [7, 11) is -1.75. The minimum Gasteiger partial charge on any atom is -0.452 e. The first-order valence-corrected chi connectivity index (χ1v) is 9.37. The Bertz CT molecular complexity index is 818. The minimum atomic E-state index is -4.06. The van der Waals surface area contributed by atoms with Crippen LogP contribution in [-0.4, -0.2) is 52.5 Å². The second-order valence-electron chi connectivity index (χ2n) is 5.79. The molecule has 0 saturated carbocycles. The maximum atomic E-state index is 12.3. The lowest BCUT2D eigenvalue weighted by atomic mass is 10.1. The highest BCUT2D eigenvalue weighted by Crippen LogP contribution is 2.24. The number of ether oxygens (including phenoxy) is 2.